The molecule has 0 radical (unpaired) electrons. The molecule has 1 nitrogen and oxygen atoms in total. The van der Waals surface area contributed by atoms with Crippen LogP contribution in [0.5, 0.6) is 0 Å². The predicted molar refractivity (Wildman–Crippen MR) is 79.7 cm³/mol. The van der Waals surface area contributed by atoms with Crippen LogP contribution in [0.1, 0.15) is 24.2 Å². The molecular weight excluding hydrogens is 257 g/mol. The predicted octanol–water partition coefficient (Wildman–Crippen LogP) is 4.40. The lowest BCUT2D eigenvalue weighted by Crippen LogP contribution is -2.25. The zero-order chi connectivity index (χ0) is 13.7. The highest BCUT2D eigenvalue weighted by Crippen LogP contribution is 2.37. The van der Waals surface area contributed by atoms with Crippen LogP contribution >= 0.6 is 11.8 Å². The first-order valence-corrected chi connectivity index (χ1v) is 7.31. The number of thioether (sulfide) groups is 1. The molecule has 0 spiro atoms. The van der Waals surface area contributed by atoms with E-state index in [0.29, 0.717) is 0 Å². The van der Waals surface area contributed by atoms with Crippen LogP contribution in [-0.2, 0) is 0 Å². The lowest BCUT2D eigenvalue weighted by Gasteiger charge is -2.23. The van der Waals surface area contributed by atoms with Gasteiger partial charge in [-0.05, 0) is 36.2 Å². The largest absolute Gasteiger partial charge is 0.326 e. The Kier molecular flexibility index (Phi) is 5.00. The number of hydrogen-bond acceptors (Lipinski definition) is 2. The summed E-state index contributed by atoms with van der Waals surface area (Å²) in [7, 11) is 0. The Bertz CT molecular complexity index is 498. The van der Waals surface area contributed by atoms with Crippen LogP contribution in [0.3, 0.4) is 0 Å². The van der Waals surface area contributed by atoms with Gasteiger partial charge in [0.05, 0.1) is 0 Å². The molecule has 0 fully saturated rings. The normalized spacial score (nSPS) is 14.1. The summed E-state index contributed by atoms with van der Waals surface area (Å²) in [6, 6.07) is 16.9. The maximum absolute atomic E-state index is 13.0. The molecule has 0 bridgehead atoms. The van der Waals surface area contributed by atoms with E-state index >= 15 is 0 Å². The van der Waals surface area contributed by atoms with Crippen LogP contribution < -0.4 is 5.73 Å². The molecular formula is C16H18FNS. The van der Waals surface area contributed by atoms with Crippen LogP contribution in [0.15, 0.2) is 59.5 Å². The first kappa shape index (κ1) is 14.1. The summed E-state index contributed by atoms with van der Waals surface area (Å²) in [5.74, 6) is -0.211. The first-order chi connectivity index (χ1) is 9.20. The minimum Gasteiger partial charge on any atom is -0.326 e. The van der Waals surface area contributed by atoms with Crippen molar-refractivity contribution in [3.8, 4) is 0 Å². The van der Waals surface area contributed by atoms with E-state index in [2.05, 4.69) is 19.1 Å². The van der Waals surface area contributed by atoms with Crippen molar-refractivity contribution in [2.75, 3.05) is 0 Å². The Morgan fingerprint density at radius 3 is 2.26 bits per heavy atom. The molecule has 2 unspecified atom stereocenters. The summed E-state index contributed by atoms with van der Waals surface area (Å²) in [6.45, 7) is 2.08. The zero-order valence-corrected chi connectivity index (χ0v) is 11.7. The Morgan fingerprint density at radius 1 is 1.05 bits per heavy atom. The van der Waals surface area contributed by atoms with E-state index in [4.69, 9.17) is 5.73 Å². The summed E-state index contributed by atoms with van der Waals surface area (Å²) in [5, 5.41) is 0.146. The molecule has 19 heavy (non-hydrogen) atoms. The van der Waals surface area contributed by atoms with Crippen LogP contribution in [0.2, 0.25) is 0 Å². The molecule has 2 atom stereocenters. The van der Waals surface area contributed by atoms with Crippen molar-refractivity contribution in [1.29, 1.82) is 0 Å². The van der Waals surface area contributed by atoms with Crippen molar-refractivity contribution in [3.05, 3.63) is 66.0 Å². The number of rotatable bonds is 5. The average Bonchev–Trinajstić information content (AvgIpc) is 2.46. The van der Waals surface area contributed by atoms with Gasteiger partial charge in [0, 0.05) is 16.2 Å². The maximum Gasteiger partial charge on any atom is 0.123 e. The van der Waals surface area contributed by atoms with E-state index in [9.17, 15) is 4.39 Å². The topological polar surface area (TPSA) is 26.0 Å². The second-order valence-corrected chi connectivity index (χ2v) is 5.69. The lowest BCUT2D eigenvalue weighted by atomic mass is 10.0. The van der Waals surface area contributed by atoms with Crippen LogP contribution in [0.25, 0.3) is 0 Å². The summed E-state index contributed by atoms with van der Waals surface area (Å²) in [4.78, 5) is 1.18. The third-order valence-corrected chi connectivity index (χ3v) is 4.49. The van der Waals surface area contributed by atoms with Gasteiger partial charge in [-0.3, -0.25) is 0 Å². The van der Waals surface area contributed by atoms with Gasteiger partial charge in [-0.25, -0.2) is 4.39 Å². The van der Waals surface area contributed by atoms with Crippen LogP contribution in [0.4, 0.5) is 4.39 Å². The van der Waals surface area contributed by atoms with Crippen molar-refractivity contribution in [2.24, 2.45) is 5.73 Å². The van der Waals surface area contributed by atoms with E-state index in [-0.39, 0.29) is 17.1 Å². The van der Waals surface area contributed by atoms with E-state index < -0.39 is 0 Å². The summed E-state index contributed by atoms with van der Waals surface area (Å²) < 4.78 is 13.0. The number of nitrogens with two attached hydrogens (primary N) is 1. The Balaban J connectivity index is 2.23. The van der Waals surface area contributed by atoms with E-state index in [0.717, 1.165) is 12.0 Å². The van der Waals surface area contributed by atoms with E-state index in [1.54, 1.807) is 11.8 Å². The molecule has 0 saturated heterocycles. The first-order valence-electron chi connectivity index (χ1n) is 6.43. The molecule has 0 saturated carbocycles. The smallest absolute Gasteiger partial charge is 0.123 e. The molecule has 0 aliphatic rings. The van der Waals surface area contributed by atoms with Crippen molar-refractivity contribution in [1.82, 2.24) is 0 Å². The maximum atomic E-state index is 13.0. The SMILES string of the molecule is CCC(N)C(Sc1ccccc1)c1ccc(F)cc1. The fourth-order valence-electron chi connectivity index (χ4n) is 1.91. The third kappa shape index (κ3) is 3.82. The number of benzene rings is 2. The second kappa shape index (κ2) is 6.73. The molecule has 0 aliphatic heterocycles. The minimum atomic E-state index is -0.211. The number of hydrogen-bond donors (Lipinski definition) is 1. The monoisotopic (exact) mass is 275 g/mol. The van der Waals surface area contributed by atoms with Crippen molar-refractivity contribution < 1.29 is 4.39 Å². The fourth-order valence-corrected chi connectivity index (χ4v) is 3.18. The molecule has 2 rings (SSSR count). The Morgan fingerprint density at radius 2 is 1.68 bits per heavy atom. The van der Waals surface area contributed by atoms with Gasteiger partial charge in [-0.2, -0.15) is 0 Å². The number of halogens is 1. The van der Waals surface area contributed by atoms with Gasteiger partial charge in [-0.15, -0.1) is 11.8 Å². The van der Waals surface area contributed by atoms with E-state index in [1.165, 1.54) is 17.0 Å². The summed E-state index contributed by atoms with van der Waals surface area (Å²) >= 11 is 1.73. The molecule has 2 N–H and O–H groups in total. The molecule has 0 heterocycles. The van der Waals surface area contributed by atoms with Crippen molar-refractivity contribution >= 4 is 11.8 Å². The molecule has 2 aromatic carbocycles. The highest BCUT2D eigenvalue weighted by molar-refractivity contribution is 7.99. The molecule has 2 aromatic rings. The van der Waals surface area contributed by atoms with Gasteiger partial charge in [0.2, 0.25) is 0 Å². The summed E-state index contributed by atoms with van der Waals surface area (Å²) in [5.41, 5.74) is 7.29. The average molecular weight is 275 g/mol. The standard InChI is InChI=1S/C16H18FNS/c1-2-15(18)16(12-8-10-13(17)11-9-12)19-14-6-4-3-5-7-14/h3-11,15-16H,2,18H2,1H3. The van der Waals surface area contributed by atoms with Crippen molar-refractivity contribution in [3.63, 3.8) is 0 Å². The fraction of sp³-hybridized carbons (Fsp3) is 0.250. The van der Waals surface area contributed by atoms with Gasteiger partial charge in [-0.1, -0.05) is 37.3 Å². The van der Waals surface area contributed by atoms with Crippen LogP contribution in [-0.4, -0.2) is 6.04 Å². The lowest BCUT2D eigenvalue weighted by molar-refractivity contribution is 0.618. The Labute approximate surface area is 118 Å². The van der Waals surface area contributed by atoms with Crippen LogP contribution in [0, 0.1) is 5.82 Å². The summed E-state index contributed by atoms with van der Waals surface area (Å²) in [6.07, 6.45) is 0.891. The molecule has 0 aromatic heterocycles. The van der Waals surface area contributed by atoms with Gasteiger partial charge in [0.25, 0.3) is 0 Å². The molecule has 100 valence electrons. The van der Waals surface area contributed by atoms with Crippen molar-refractivity contribution in [2.45, 2.75) is 29.5 Å². The van der Waals surface area contributed by atoms with Gasteiger partial charge < -0.3 is 5.73 Å². The van der Waals surface area contributed by atoms with Gasteiger partial charge in [0.1, 0.15) is 5.82 Å². The third-order valence-electron chi connectivity index (χ3n) is 3.07. The van der Waals surface area contributed by atoms with E-state index in [1.807, 2.05) is 30.3 Å². The molecule has 0 amide bonds. The zero-order valence-electron chi connectivity index (χ0n) is 10.9. The van der Waals surface area contributed by atoms with Gasteiger partial charge >= 0.3 is 0 Å². The van der Waals surface area contributed by atoms with Gasteiger partial charge in [0.15, 0.2) is 0 Å². The Hall–Kier alpha value is -1.32. The quantitative estimate of drug-likeness (QED) is 0.819. The molecule has 3 heteroatoms. The second-order valence-electron chi connectivity index (χ2n) is 4.48. The minimum absolute atomic E-state index is 0.0515. The molecule has 0 aliphatic carbocycles. The highest BCUT2D eigenvalue weighted by atomic mass is 32.2. The highest BCUT2D eigenvalue weighted by Gasteiger charge is 2.19.